The van der Waals surface area contributed by atoms with E-state index in [1.807, 2.05) is 24.3 Å². The van der Waals surface area contributed by atoms with Crippen LogP contribution in [0.3, 0.4) is 0 Å². The maximum Gasteiger partial charge on any atom is 0.163 e. The monoisotopic (exact) mass is 340 g/mol. The summed E-state index contributed by atoms with van der Waals surface area (Å²) in [7, 11) is 0. The molecule has 2 rings (SSSR count). The number of hydrogen-bond acceptors (Lipinski definition) is 1. The van der Waals surface area contributed by atoms with Crippen molar-refractivity contribution in [3.8, 4) is 0 Å². The van der Waals surface area contributed by atoms with Gasteiger partial charge in [0.05, 0.1) is 0 Å². The van der Waals surface area contributed by atoms with Gasteiger partial charge in [0.15, 0.2) is 5.78 Å². The third kappa shape index (κ3) is 1.53. The molecule has 1 aromatic carbocycles. The second kappa shape index (κ2) is 3.47. The van der Waals surface area contributed by atoms with Gasteiger partial charge >= 0.3 is 0 Å². The number of aryl methyl sites for hydroxylation is 1. The van der Waals surface area contributed by atoms with Gasteiger partial charge in [-0.3, -0.25) is 4.79 Å². The molecule has 1 aliphatic carbocycles. The molecule has 0 spiro atoms. The van der Waals surface area contributed by atoms with Crippen LogP contribution in [0.25, 0.3) is 0 Å². The topological polar surface area (TPSA) is 17.1 Å². The minimum absolute atomic E-state index is 0. The summed E-state index contributed by atoms with van der Waals surface area (Å²) in [4.78, 5) is 11.1. The summed E-state index contributed by atoms with van der Waals surface area (Å²) < 4.78 is 0. The number of carbonyl (C=O) groups is 1. The molecular weight excluding hydrogens is 331 g/mol. The van der Waals surface area contributed by atoms with Crippen LogP contribution in [0.4, 0.5) is 0 Å². The van der Waals surface area contributed by atoms with Crippen LogP contribution in [0.1, 0.15) is 22.3 Å². The van der Waals surface area contributed by atoms with E-state index in [2.05, 4.69) is 0 Å². The number of benzene rings is 1. The van der Waals surface area contributed by atoms with E-state index in [9.17, 15) is 4.79 Å². The predicted molar refractivity (Wildman–Crippen MR) is 44.8 cm³/mol. The first-order valence-electron chi connectivity index (χ1n) is 3.49. The first kappa shape index (κ1) is 8.90. The van der Waals surface area contributed by atoms with E-state index in [1.165, 1.54) is 5.56 Å². The molecule has 0 heterocycles. The Morgan fingerprint density at radius 3 is 2.55 bits per heavy atom. The van der Waals surface area contributed by atoms with Gasteiger partial charge in [0.25, 0.3) is 0 Å². The first-order chi connectivity index (χ1) is 4.88. The predicted octanol–water partition coefficient (Wildman–Crippen LogP) is 1.43. The summed E-state index contributed by atoms with van der Waals surface area (Å²) in [5.74, 6) is 0.301. The molecule has 0 amide bonds. The van der Waals surface area contributed by atoms with Gasteiger partial charge in [-0.15, -0.1) is 0 Å². The fourth-order valence-corrected chi connectivity index (χ4v) is 1.39. The summed E-state index contributed by atoms with van der Waals surface area (Å²) in [6.45, 7) is 0. The van der Waals surface area contributed by atoms with Crippen molar-refractivity contribution in [1.29, 1.82) is 0 Å². The molecule has 11 heavy (non-hydrogen) atoms. The van der Waals surface area contributed by atoms with Crippen LogP contribution in [0, 0.1) is 0 Å². The average Bonchev–Trinajstić information content (AvgIpc) is 2.34. The molecule has 1 aliphatic rings. The van der Waals surface area contributed by atoms with Crippen molar-refractivity contribution in [3.05, 3.63) is 35.4 Å². The van der Waals surface area contributed by atoms with Crippen LogP contribution in [-0.2, 0) is 6.42 Å². The maximum atomic E-state index is 11.1. The van der Waals surface area contributed by atoms with Crippen molar-refractivity contribution >= 4 is 33.1 Å². The Bertz CT molecular complexity index is 281. The number of rotatable bonds is 0. The Balaban J connectivity index is 0.000000605. The zero-order valence-corrected chi connectivity index (χ0v) is 10.0. The molecule has 4 radical (unpaired) electrons. The molecule has 0 bridgehead atoms. The minimum Gasteiger partial charge on any atom is -0.294 e. The Hall–Kier alpha value is -0.188. The van der Waals surface area contributed by atoms with Crippen molar-refractivity contribution in [2.24, 2.45) is 0 Å². The van der Waals surface area contributed by atoms with Crippen molar-refractivity contribution in [3.63, 3.8) is 0 Å². The van der Waals surface area contributed by atoms with Crippen LogP contribution in [0.5, 0.6) is 0 Å². The van der Waals surface area contributed by atoms with Crippen molar-refractivity contribution in [2.45, 2.75) is 12.8 Å². The standard InChI is InChI=1S/C9H8O.Pb/c10-9-6-5-7-3-1-2-4-8(7)9;/h1-4H,5-6H2;. The number of Topliss-reactive ketones (excluding diaryl/α,β-unsaturated/α-hetero) is 1. The minimum atomic E-state index is 0. The van der Waals surface area contributed by atoms with E-state index in [-0.39, 0.29) is 27.3 Å². The third-order valence-electron chi connectivity index (χ3n) is 1.94. The molecule has 0 saturated carbocycles. The van der Waals surface area contributed by atoms with E-state index >= 15 is 0 Å². The van der Waals surface area contributed by atoms with Crippen LogP contribution in [0.2, 0.25) is 0 Å². The quantitative estimate of drug-likeness (QED) is 0.654. The van der Waals surface area contributed by atoms with Crippen LogP contribution >= 0.6 is 0 Å². The van der Waals surface area contributed by atoms with Gasteiger partial charge in [-0.05, 0) is 12.0 Å². The summed E-state index contributed by atoms with van der Waals surface area (Å²) in [6, 6.07) is 7.84. The van der Waals surface area contributed by atoms with E-state index in [1.54, 1.807) is 0 Å². The molecule has 0 aliphatic heterocycles. The zero-order valence-electron chi connectivity index (χ0n) is 6.13. The fraction of sp³-hybridized carbons (Fsp3) is 0.222. The first-order valence-corrected chi connectivity index (χ1v) is 3.49. The van der Waals surface area contributed by atoms with E-state index in [0.29, 0.717) is 12.2 Å². The molecule has 0 N–H and O–H groups in total. The van der Waals surface area contributed by atoms with E-state index in [0.717, 1.165) is 12.0 Å². The molecule has 2 heteroatoms. The number of hydrogen-bond donors (Lipinski definition) is 0. The molecule has 0 fully saturated rings. The second-order valence-electron chi connectivity index (χ2n) is 2.58. The summed E-state index contributed by atoms with van der Waals surface area (Å²) in [5.41, 5.74) is 2.15. The third-order valence-corrected chi connectivity index (χ3v) is 1.94. The Labute approximate surface area is 86.0 Å². The number of fused-ring (bicyclic) bond motifs is 1. The van der Waals surface area contributed by atoms with Gasteiger partial charge < -0.3 is 0 Å². The van der Waals surface area contributed by atoms with Crippen molar-refractivity contribution in [1.82, 2.24) is 0 Å². The van der Waals surface area contributed by atoms with Crippen LogP contribution < -0.4 is 0 Å². The van der Waals surface area contributed by atoms with Gasteiger partial charge in [0, 0.05) is 39.3 Å². The number of ketones is 1. The Kier molecular flexibility index (Phi) is 2.81. The largest absolute Gasteiger partial charge is 0.294 e. The van der Waals surface area contributed by atoms with Gasteiger partial charge in [-0.25, -0.2) is 0 Å². The second-order valence-corrected chi connectivity index (χ2v) is 2.58. The molecule has 54 valence electrons. The number of carbonyl (C=O) groups excluding carboxylic acids is 1. The average molecular weight is 339 g/mol. The Morgan fingerprint density at radius 1 is 1.09 bits per heavy atom. The molecule has 1 aromatic rings. The summed E-state index contributed by atoms with van der Waals surface area (Å²) >= 11 is 0. The SMILES string of the molecule is O=C1CCc2ccccc21.[Pb]. The zero-order chi connectivity index (χ0) is 6.97. The van der Waals surface area contributed by atoms with Crippen molar-refractivity contribution in [2.75, 3.05) is 0 Å². The van der Waals surface area contributed by atoms with Gasteiger partial charge in [-0.1, -0.05) is 24.3 Å². The van der Waals surface area contributed by atoms with E-state index in [4.69, 9.17) is 0 Å². The van der Waals surface area contributed by atoms with Gasteiger partial charge in [-0.2, -0.15) is 0 Å². The molecule has 0 unspecified atom stereocenters. The molecule has 0 saturated heterocycles. The Morgan fingerprint density at radius 2 is 1.82 bits per heavy atom. The van der Waals surface area contributed by atoms with Crippen LogP contribution in [-0.4, -0.2) is 33.1 Å². The normalized spacial score (nSPS) is 14.0. The molecule has 1 nitrogen and oxygen atoms in total. The van der Waals surface area contributed by atoms with E-state index < -0.39 is 0 Å². The smallest absolute Gasteiger partial charge is 0.163 e. The molecule has 0 aromatic heterocycles. The molecule has 0 atom stereocenters. The fourth-order valence-electron chi connectivity index (χ4n) is 1.39. The summed E-state index contributed by atoms with van der Waals surface area (Å²) in [6.07, 6.45) is 1.65. The van der Waals surface area contributed by atoms with Crippen LogP contribution in [0.15, 0.2) is 24.3 Å². The van der Waals surface area contributed by atoms with Crippen molar-refractivity contribution < 1.29 is 4.79 Å². The van der Waals surface area contributed by atoms with Gasteiger partial charge in [0.1, 0.15) is 0 Å². The van der Waals surface area contributed by atoms with Gasteiger partial charge in [0.2, 0.25) is 0 Å². The summed E-state index contributed by atoms with van der Waals surface area (Å²) in [5, 5.41) is 0. The molecular formula is C9H8OPb. The maximum absolute atomic E-state index is 11.1.